The Hall–Kier alpha value is -1.12. The molecule has 1 atom stereocenters. The minimum atomic E-state index is 0.486. The van der Waals surface area contributed by atoms with E-state index in [0.717, 1.165) is 23.9 Å². The van der Waals surface area contributed by atoms with Crippen LogP contribution in [0.15, 0.2) is 40.9 Å². The van der Waals surface area contributed by atoms with E-state index in [2.05, 4.69) is 73.1 Å². The van der Waals surface area contributed by atoms with E-state index < -0.39 is 0 Å². The monoisotopic (exact) mass is 345 g/mol. The van der Waals surface area contributed by atoms with Crippen LogP contribution >= 0.6 is 15.9 Å². The van der Waals surface area contributed by atoms with Crippen molar-refractivity contribution < 1.29 is 0 Å². The fraction of sp³-hybridized carbons (Fsp3) is 0.368. The zero-order valence-electron chi connectivity index (χ0n) is 13.1. The quantitative estimate of drug-likeness (QED) is 0.832. The van der Waals surface area contributed by atoms with Gasteiger partial charge in [0.05, 0.1) is 0 Å². The topological polar surface area (TPSA) is 26.0 Å². The molecule has 2 N–H and O–H groups in total. The predicted octanol–water partition coefficient (Wildman–Crippen LogP) is 4.73. The Morgan fingerprint density at radius 3 is 2.24 bits per heavy atom. The van der Waals surface area contributed by atoms with Crippen molar-refractivity contribution in [3.63, 3.8) is 0 Å². The molecule has 0 aliphatic rings. The molecule has 0 radical (unpaired) electrons. The number of rotatable bonds is 5. The Morgan fingerprint density at radius 2 is 1.67 bits per heavy atom. The van der Waals surface area contributed by atoms with E-state index in [1.165, 1.54) is 27.8 Å². The van der Waals surface area contributed by atoms with Gasteiger partial charge in [0, 0.05) is 4.47 Å². The maximum Gasteiger partial charge on any atom is 0.0177 e. The van der Waals surface area contributed by atoms with Crippen molar-refractivity contribution in [2.45, 2.75) is 33.6 Å². The van der Waals surface area contributed by atoms with Gasteiger partial charge in [0.2, 0.25) is 0 Å². The van der Waals surface area contributed by atoms with Gasteiger partial charge in [-0.3, -0.25) is 0 Å². The molecule has 2 aromatic carbocycles. The van der Waals surface area contributed by atoms with Crippen LogP contribution in [-0.2, 0) is 12.8 Å². The van der Waals surface area contributed by atoms with Crippen LogP contribution in [0.2, 0.25) is 0 Å². The van der Waals surface area contributed by atoms with Gasteiger partial charge in [-0.1, -0.05) is 45.8 Å². The summed E-state index contributed by atoms with van der Waals surface area (Å²) in [5.74, 6) is 0.486. The largest absolute Gasteiger partial charge is 0.330 e. The summed E-state index contributed by atoms with van der Waals surface area (Å²) in [7, 11) is 0. The summed E-state index contributed by atoms with van der Waals surface area (Å²) in [5, 5.41) is 0. The Kier molecular flexibility index (Phi) is 5.60. The first-order chi connectivity index (χ1) is 9.99. The first-order valence-electron chi connectivity index (χ1n) is 7.51. The number of hydrogen-bond donors (Lipinski definition) is 1. The van der Waals surface area contributed by atoms with Crippen molar-refractivity contribution in [1.82, 2.24) is 0 Å². The zero-order chi connectivity index (χ0) is 15.4. The highest BCUT2D eigenvalue weighted by molar-refractivity contribution is 9.10. The van der Waals surface area contributed by atoms with Gasteiger partial charge in [-0.2, -0.15) is 0 Å². The molecule has 1 nitrogen and oxygen atoms in total. The molecule has 0 aromatic heterocycles. The van der Waals surface area contributed by atoms with Gasteiger partial charge in [-0.05, 0) is 80.5 Å². The Morgan fingerprint density at radius 1 is 1.00 bits per heavy atom. The van der Waals surface area contributed by atoms with Crippen molar-refractivity contribution in [2.24, 2.45) is 11.7 Å². The standard InChI is InChI=1S/C19H24BrN/c1-13-7-14(2)19(15(3)8-13)11-17(12-21)9-16-5-4-6-18(20)10-16/h4-8,10,17H,9,11-12,21H2,1-3H3. The molecule has 0 aliphatic heterocycles. The van der Waals surface area contributed by atoms with Crippen molar-refractivity contribution >= 4 is 15.9 Å². The van der Waals surface area contributed by atoms with E-state index >= 15 is 0 Å². The van der Waals surface area contributed by atoms with Crippen LogP contribution in [0.3, 0.4) is 0 Å². The molecule has 0 heterocycles. The molecule has 0 saturated heterocycles. The molecule has 0 spiro atoms. The third-order valence-corrected chi connectivity index (χ3v) is 4.57. The number of halogens is 1. The van der Waals surface area contributed by atoms with Gasteiger partial charge in [-0.15, -0.1) is 0 Å². The van der Waals surface area contributed by atoms with E-state index in [-0.39, 0.29) is 0 Å². The maximum atomic E-state index is 6.02. The molecule has 0 fully saturated rings. The lowest BCUT2D eigenvalue weighted by atomic mass is 9.88. The molecule has 2 rings (SSSR count). The highest BCUT2D eigenvalue weighted by atomic mass is 79.9. The van der Waals surface area contributed by atoms with Crippen LogP contribution in [0.4, 0.5) is 0 Å². The SMILES string of the molecule is Cc1cc(C)c(CC(CN)Cc2cccc(Br)c2)c(C)c1. The van der Waals surface area contributed by atoms with Gasteiger partial charge in [0.25, 0.3) is 0 Å². The average molecular weight is 346 g/mol. The summed E-state index contributed by atoms with van der Waals surface area (Å²) < 4.78 is 1.14. The van der Waals surface area contributed by atoms with Gasteiger partial charge in [0.1, 0.15) is 0 Å². The molecule has 2 heteroatoms. The second-order valence-electron chi connectivity index (χ2n) is 6.02. The second kappa shape index (κ2) is 7.24. The third kappa shape index (κ3) is 4.42. The average Bonchev–Trinajstić information content (AvgIpc) is 2.41. The van der Waals surface area contributed by atoms with Crippen molar-refractivity contribution in [3.05, 3.63) is 68.7 Å². The smallest absolute Gasteiger partial charge is 0.0177 e. The number of hydrogen-bond acceptors (Lipinski definition) is 1. The Bertz CT molecular complexity index is 596. The number of aryl methyl sites for hydroxylation is 3. The molecule has 0 saturated carbocycles. The lowest BCUT2D eigenvalue weighted by Crippen LogP contribution is -2.20. The summed E-state index contributed by atoms with van der Waals surface area (Å²) in [6, 6.07) is 13.1. The highest BCUT2D eigenvalue weighted by Gasteiger charge is 2.13. The molecular formula is C19H24BrN. The van der Waals surface area contributed by atoms with E-state index in [9.17, 15) is 0 Å². The van der Waals surface area contributed by atoms with E-state index in [4.69, 9.17) is 5.73 Å². The third-order valence-electron chi connectivity index (χ3n) is 4.08. The molecule has 1 unspecified atom stereocenters. The first-order valence-corrected chi connectivity index (χ1v) is 8.30. The van der Waals surface area contributed by atoms with Crippen molar-refractivity contribution in [1.29, 1.82) is 0 Å². The molecule has 112 valence electrons. The van der Waals surface area contributed by atoms with Crippen LogP contribution in [0.5, 0.6) is 0 Å². The predicted molar refractivity (Wildman–Crippen MR) is 94.7 cm³/mol. The number of benzene rings is 2. The molecular weight excluding hydrogens is 322 g/mol. The van der Waals surface area contributed by atoms with Gasteiger partial charge in [-0.25, -0.2) is 0 Å². The van der Waals surface area contributed by atoms with Gasteiger partial charge >= 0.3 is 0 Å². The normalized spacial score (nSPS) is 12.4. The van der Waals surface area contributed by atoms with Crippen molar-refractivity contribution in [3.8, 4) is 0 Å². The van der Waals surface area contributed by atoms with Crippen LogP contribution in [0, 0.1) is 26.7 Å². The Labute approximate surface area is 136 Å². The minimum Gasteiger partial charge on any atom is -0.330 e. The molecule has 0 amide bonds. The summed E-state index contributed by atoms with van der Waals surface area (Å²) in [5.41, 5.74) is 13.0. The van der Waals surface area contributed by atoms with Crippen molar-refractivity contribution in [2.75, 3.05) is 6.54 Å². The summed E-state index contributed by atoms with van der Waals surface area (Å²) >= 11 is 3.54. The zero-order valence-corrected chi connectivity index (χ0v) is 14.7. The first kappa shape index (κ1) is 16.3. The summed E-state index contributed by atoms with van der Waals surface area (Å²) in [4.78, 5) is 0. The maximum absolute atomic E-state index is 6.02. The molecule has 0 bridgehead atoms. The highest BCUT2D eigenvalue weighted by Crippen LogP contribution is 2.22. The fourth-order valence-corrected chi connectivity index (χ4v) is 3.50. The fourth-order valence-electron chi connectivity index (χ4n) is 3.06. The van der Waals surface area contributed by atoms with E-state index in [0.29, 0.717) is 5.92 Å². The van der Waals surface area contributed by atoms with Crippen LogP contribution in [-0.4, -0.2) is 6.54 Å². The molecule has 21 heavy (non-hydrogen) atoms. The lowest BCUT2D eigenvalue weighted by molar-refractivity contribution is 0.531. The van der Waals surface area contributed by atoms with Gasteiger partial charge in [0.15, 0.2) is 0 Å². The summed E-state index contributed by atoms with van der Waals surface area (Å²) in [6.07, 6.45) is 2.09. The lowest BCUT2D eigenvalue weighted by Gasteiger charge is -2.19. The second-order valence-corrected chi connectivity index (χ2v) is 6.93. The van der Waals surface area contributed by atoms with Gasteiger partial charge < -0.3 is 5.73 Å². The number of nitrogens with two attached hydrogens (primary N) is 1. The van der Waals surface area contributed by atoms with Crippen LogP contribution in [0.25, 0.3) is 0 Å². The van der Waals surface area contributed by atoms with Crippen LogP contribution < -0.4 is 5.73 Å². The molecule has 0 aliphatic carbocycles. The van der Waals surface area contributed by atoms with E-state index in [1.54, 1.807) is 0 Å². The van der Waals surface area contributed by atoms with E-state index in [1.807, 2.05) is 0 Å². The minimum absolute atomic E-state index is 0.486. The Balaban J connectivity index is 2.16. The van der Waals surface area contributed by atoms with Crippen LogP contribution in [0.1, 0.15) is 27.8 Å². The molecule has 2 aromatic rings. The summed E-state index contributed by atoms with van der Waals surface area (Å²) in [6.45, 7) is 7.30.